The van der Waals surface area contributed by atoms with E-state index in [1.807, 2.05) is 56.0 Å². The molecule has 174 valence electrons. The number of phenols is 1. The molecule has 0 aliphatic carbocycles. The molecule has 0 fully saturated rings. The summed E-state index contributed by atoms with van der Waals surface area (Å²) in [5.74, 6) is 1.37. The zero-order valence-corrected chi connectivity index (χ0v) is 19.9. The Kier molecular flexibility index (Phi) is 6.31. The van der Waals surface area contributed by atoms with E-state index in [2.05, 4.69) is 17.1 Å². The second kappa shape index (κ2) is 9.17. The van der Waals surface area contributed by atoms with Crippen LogP contribution < -0.4 is 9.47 Å². The second-order valence-corrected chi connectivity index (χ2v) is 8.44. The number of rotatable bonds is 8. The number of aromatic nitrogens is 2. The number of carbonyl (C=O) groups is 1. The van der Waals surface area contributed by atoms with Gasteiger partial charge in [0.2, 0.25) is 0 Å². The number of nitrogens with one attached hydrogen (secondary N) is 1. The van der Waals surface area contributed by atoms with Gasteiger partial charge in [-0.3, -0.25) is 9.89 Å². The van der Waals surface area contributed by atoms with Crippen molar-refractivity contribution in [3.05, 3.63) is 58.3 Å². The number of hydrogen-bond donors (Lipinski definition) is 2. The lowest BCUT2D eigenvalue weighted by molar-refractivity contribution is 0.0741. The summed E-state index contributed by atoms with van der Waals surface area (Å²) in [4.78, 5) is 15.3. The molecule has 7 nitrogen and oxygen atoms in total. The zero-order valence-electron chi connectivity index (χ0n) is 19.9. The number of carbonyl (C=O) groups excluding carboxylic acids is 1. The number of unbranched alkanes of at least 4 members (excludes halogenated alkanes) is 1. The van der Waals surface area contributed by atoms with Crippen LogP contribution in [0.3, 0.4) is 0 Å². The SMILES string of the molecule is CCCCN1C(=O)c2[nH]nc(-c3cc(C)cc(C)c3O)c2C1c1ccc(OCC)c(OC)c1. The van der Waals surface area contributed by atoms with Gasteiger partial charge >= 0.3 is 0 Å². The predicted octanol–water partition coefficient (Wildman–Crippen LogP) is 5.15. The van der Waals surface area contributed by atoms with E-state index >= 15 is 0 Å². The summed E-state index contributed by atoms with van der Waals surface area (Å²) in [6.45, 7) is 9.03. The molecule has 1 aliphatic heterocycles. The molecule has 1 aliphatic rings. The van der Waals surface area contributed by atoms with E-state index in [0.29, 0.717) is 41.6 Å². The lowest BCUT2D eigenvalue weighted by atomic mass is 9.93. The monoisotopic (exact) mass is 449 g/mol. The number of aromatic hydroxyl groups is 1. The summed E-state index contributed by atoms with van der Waals surface area (Å²) in [6, 6.07) is 9.27. The average molecular weight is 450 g/mol. The molecule has 3 aromatic rings. The fourth-order valence-corrected chi connectivity index (χ4v) is 4.58. The van der Waals surface area contributed by atoms with E-state index in [1.54, 1.807) is 7.11 Å². The molecule has 2 N–H and O–H groups in total. The van der Waals surface area contributed by atoms with Crippen molar-refractivity contribution in [2.75, 3.05) is 20.3 Å². The molecule has 7 heteroatoms. The highest BCUT2D eigenvalue weighted by molar-refractivity contribution is 6.00. The highest BCUT2D eigenvalue weighted by Crippen LogP contribution is 2.46. The van der Waals surface area contributed by atoms with Gasteiger partial charge in [0, 0.05) is 17.7 Å². The van der Waals surface area contributed by atoms with Gasteiger partial charge in [-0.1, -0.05) is 25.5 Å². The van der Waals surface area contributed by atoms with Crippen LogP contribution in [0.25, 0.3) is 11.3 Å². The molecule has 2 aromatic carbocycles. The van der Waals surface area contributed by atoms with Gasteiger partial charge in [-0.15, -0.1) is 0 Å². The fourth-order valence-electron chi connectivity index (χ4n) is 4.58. The van der Waals surface area contributed by atoms with Crippen molar-refractivity contribution in [1.82, 2.24) is 15.1 Å². The Morgan fingerprint density at radius 2 is 1.94 bits per heavy atom. The van der Waals surface area contributed by atoms with Crippen LogP contribution in [0, 0.1) is 13.8 Å². The number of ether oxygens (including phenoxy) is 2. The Morgan fingerprint density at radius 3 is 2.64 bits per heavy atom. The molecule has 0 bridgehead atoms. The Balaban J connectivity index is 1.90. The third-order valence-electron chi connectivity index (χ3n) is 6.12. The van der Waals surface area contributed by atoms with Crippen LogP contribution in [0.15, 0.2) is 30.3 Å². The lowest BCUT2D eigenvalue weighted by Crippen LogP contribution is -2.30. The highest BCUT2D eigenvalue weighted by atomic mass is 16.5. The van der Waals surface area contributed by atoms with Crippen molar-refractivity contribution in [2.24, 2.45) is 0 Å². The third kappa shape index (κ3) is 3.92. The zero-order chi connectivity index (χ0) is 23.7. The quantitative estimate of drug-likeness (QED) is 0.496. The van der Waals surface area contributed by atoms with Crippen LogP contribution in [-0.4, -0.2) is 46.4 Å². The van der Waals surface area contributed by atoms with Crippen LogP contribution in [-0.2, 0) is 0 Å². The lowest BCUT2D eigenvalue weighted by Gasteiger charge is -2.27. The van der Waals surface area contributed by atoms with Crippen molar-refractivity contribution in [3.8, 4) is 28.5 Å². The largest absolute Gasteiger partial charge is 0.507 e. The maximum absolute atomic E-state index is 13.4. The second-order valence-electron chi connectivity index (χ2n) is 8.44. The van der Waals surface area contributed by atoms with Crippen LogP contribution in [0.1, 0.15) is 65.5 Å². The molecule has 1 amide bonds. The first kappa shape index (κ1) is 22.7. The van der Waals surface area contributed by atoms with E-state index < -0.39 is 0 Å². The Hall–Kier alpha value is -3.48. The van der Waals surface area contributed by atoms with Crippen LogP contribution in [0.4, 0.5) is 0 Å². The van der Waals surface area contributed by atoms with Crippen molar-refractivity contribution in [3.63, 3.8) is 0 Å². The van der Waals surface area contributed by atoms with Gasteiger partial charge in [-0.25, -0.2) is 0 Å². The minimum Gasteiger partial charge on any atom is -0.507 e. The molecule has 1 unspecified atom stereocenters. The first-order valence-electron chi connectivity index (χ1n) is 11.4. The van der Waals surface area contributed by atoms with E-state index in [0.717, 1.165) is 35.1 Å². The summed E-state index contributed by atoms with van der Waals surface area (Å²) in [5, 5.41) is 18.3. The van der Waals surface area contributed by atoms with Crippen LogP contribution in [0.2, 0.25) is 0 Å². The number of aromatic amines is 1. The Bertz CT molecular complexity index is 1180. The number of benzene rings is 2. The summed E-state index contributed by atoms with van der Waals surface area (Å²) in [5.41, 5.74) is 5.17. The number of phenolic OH excluding ortho intramolecular Hbond substituents is 1. The number of amides is 1. The van der Waals surface area contributed by atoms with Crippen molar-refractivity contribution >= 4 is 5.91 Å². The number of methoxy groups -OCH3 is 1. The molecular formula is C26H31N3O4. The molecule has 4 rings (SSSR count). The molecule has 1 atom stereocenters. The van der Waals surface area contributed by atoms with E-state index in [4.69, 9.17) is 9.47 Å². The number of aryl methyl sites for hydroxylation is 2. The average Bonchev–Trinajstić information content (AvgIpc) is 3.34. The first-order chi connectivity index (χ1) is 15.9. The van der Waals surface area contributed by atoms with Crippen molar-refractivity contribution in [2.45, 2.75) is 46.6 Å². The predicted molar refractivity (Wildman–Crippen MR) is 127 cm³/mol. The molecule has 0 saturated heterocycles. The third-order valence-corrected chi connectivity index (χ3v) is 6.12. The van der Waals surface area contributed by atoms with Gasteiger partial charge in [0.15, 0.2) is 11.5 Å². The maximum atomic E-state index is 13.4. The van der Waals surface area contributed by atoms with Crippen molar-refractivity contribution < 1.29 is 19.4 Å². The maximum Gasteiger partial charge on any atom is 0.273 e. The molecule has 0 spiro atoms. The van der Waals surface area contributed by atoms with E-state index in [-0.39, 0.29) is 17.7 Å². The van der Waals surface area contributed by atoms with Gasteiger partial charge in [0.25, 0.3) is 5.91 Å². The summed E-state index contributed by atoms with van der Waals surface area (Å²) < 4.78 is 11.3. The summed E-state index contributed by atoms with van der Waals surface area (Å²) in [6.07, 6.45) is 1.86. The smallest absolute Gasteiger partial charge is 0.273 e. The number of fused-ring (bicyclic) bond motifs is 1. The standard InChI is InChI=1S/C26H31N3O4/c1-6-8-11-29-24(17-9-10-19(33-7-2)20(14-17)32-5)21-22(27-28-23(21)26(29)31)18-13-15(3)12-16(4)25(18)30/h9-10,12-14,24,30H,6-8,11H2,1-5H3,(H,27,28). The first-order valence-corrected chi connectivity index (χ1v) is 11.4. The molecule has 1 aromatic heterocycles. The summed E-state index contributed by atoms with van der Waals surface area (Å²) >= 11 is 0. The molecule has 33 heavy (non-hydrogen) atoms. The van der Waals surface area contributed by atoms with Gasteiger partial charge in [0.05, 0.1) is 19.8 Å². The van der Waals surface area contributed by atoms with E-state index in [9.17, 15) is 9.90 Å². The minimum absolute atomic E-state index is 0.0843. The topological polar surface area (TPSA) is 87.7 Å². The molecule has 2 heterocycles. The summed E-state index contributed by atoms with van der Waals surface area (Å²) in [7, 11) is 1.61. The van der Waals surface area contributed by atoms with Crippen LogP contribution in [0.5, 0.6) is 17.2 Å². The van der Waals surface area contributed by atoms with Gasteiger partial charge < -0.3 is 19.5 Å². The number of H-pyrrole nitrogens is 1. The Morgan fingerprint density at radius 1 is 1.15 bits per heavy atom. The minimum atomic E-state index is -0.349. The van der Waals surface area contributed by atoms with Gasteiger partial charge in [-0.2, -0.15) is 5.10 Å². The van der Waals surface area contributed by atoms with Gasteiger partial charge in [-0.05, 0) is 62.1 Å². The highest BCUT2D eigenvalue weighted by Gasteiger charge is 2.42. The molecule has 0 radical (unpaired) electrons. The number of hydrogen-bond acceptors (Lipinski definition) is 5. The van der Waals surface area contributed by atoms with Crippen molar-refractivity contribution in [1.29, 1.82) is 0 Å². The van der Waals surface area contributed by atoms with Gasteiger partial charge in [0.1, 0.15) is 17.1 Å². The number of nitrogens with zero attached hydrogens (tertiary/aromatic N) is 2. The molecule has 0 saturated carbocycles. The van der Waals surface area contributed by atoms with E-state index in [1.165, 1.54) is 0 Å². The molecular weight excluding hydrogens is 418 g/mol. The normalized spacial score (nSPS) is 15.1. The fraction of sp³-hybridized carbons (Fsp3) is 0.385. The van der Waals surface area contributed by atoms with Crippen LogP contribution >= 0.6 is 0 Å². The Labute approximate surface area is 194 Å².